The number of rotatable bonds is 8. The molecule has 1 atom stereocenters. The number of halogens is 1. The van der Waals surface area contributed by atoms with E-state index < -0.39 is 0 Å². The lowest BCUT2D eigenvalue weighted by Gasteiger charge is -2.17. The topological polar surface area (TPSA) is 84.2 Å². The molecule has 1 unspecified atom stereocenters. The van der Waals surface area contributed by atoms with Crippen LogP contribution in [-0.2, 0) is 0 Å². The number of amides is 2. The minimum absolute atomic E-state index is 0. The zero-order valence-electron chi connectivity index (χ0n) is 15.8. The molecular formula is C21H28ClN3O2. The first-order chi connectivity index (χ1) is 12.5. The van der Waals surface area contributed by atoms with E-state index in [0.717, 1.165) is 24.8 Å². The van der Waals surface area contributed by atoms with E-state index in [1.165, 1.54) is 0 Å². The molecule has 0 spiro atoms. The summed E-state index contributed by atoms with van der Waals surface area (Å²) >= 11 is 0. The van der Waals surface area contributed by atoms with Gasteiger partial charge in [0.25, 0.3) is 11.8 Å². The summed E-state index contributed by atoms with van der Waals surface area (Å²) < 4.78 is 0. The van der Waals surface area contributed by atoms with Crippen molar-refractivity contribution in [2.24, 2.45) is 5.73 Å². The van der Waals surface area contributed by atoms with Crippen molar-refractivity contribution in [2.75, 3.05) is 11.9 Å². The van der Waals surface area contributed by atoms with Crippen molar-refractivity contribution in [1.29, 1.82) is 0 Å². The zero-order chi connectivity index (χ0) is 18.9. The molecule has 6 heteroatoms. The smallest absolute Gasteiger partial charge is 0.255 e. The van der Waals surface area contributed by atoms with E-state index in [2.05, 4.69) is 17.6 Å². The summed E-state index contributed by atoms with van der Waals surface area (Å²) in [6.07, 6.45) is 2.95. The Labute approximate surface area is 167 Å². The number of unbranched alkanes of at least 4 members (excludes halogenated alkanes) is 1. The Morgan fingerprint density at radius 1 is 1.04 bits per heavy atom. The van der Waals surface area contributed by atoms with Gasteiger partial charge in [-0.05, 0) is 43.2 Å². The van der Waals surface area contributed by atoms with E-state index in [1.807, 2.05) is 31.2 Å². The third kappa shape index (κ3) is 6.70. The van der Waals surface area contributed by atoms with Crippen molar-refractivity contribution in [2.45, 2.75) is 39.2 Å². The summed E-state index contributed by atoms with van der Waals surface area (Å²) in [5.41, 5.74) is 8.36. The van der Waals surface area contributed by atoms with E-state index in [1.54, 1.807) is 24.3 Å². The third-order valence-corrected chi connectivity index (χ3v) is 4.31. The largest absolute Gasteiger partial charge is 0.348 e. The molecule has 5 nitrogen and oxygen atoms in total. The van der Waals surface area contributed by atoms with Crippen molar-refractivity contribution < 1.29 is 9.59 Å². The Morgan fingerprint density at radius 3 is 2.37 bits per heavy atom. The number of benzene rings is 2. The Balaban J connectivity index is 0.00000364. The number of nitrogens with two attached hydrogens (primary N) is 1. The molecule has 27 heavy (non-hydrogen) atoms. The summed E-state index contributed by atoms with van der Waals surface area (Å²) in [7, 11) is 0. The Hall–Kier alpha value is -2.37. The highest BCUT2D eigenvalue weighted by Gasteiger charge is 2.14. The standard InChI is InChI=1S/C21H27N3O2.ClH/c1-3-4-10-18(14-22)23-21(26)17-12-11-15(2)19(13-17)24-20(25)16-8-6-5-7-9-16;/h5-9,11-13,18H,3-4,10,14,22H2,1-2H3,(H,23,26)(H,24,25);1H. The van der Waals surface area contributed by atoms with Crippen LogP contribution in [0.5, 0.6) is 0 Å². The molecular weight excluding hydrogens is 362 g/mol. The van der Waals surface area contributed by atoms with E-state index >= 15 is 0 Å². The molecule has 0 saturated heterocycles. The lowest BCUT2D eigenvalue weighted by molar-refractivity contribution is 0.0934. The number of hydrogen-bond donors (Lipinski definition) is 3. The molecule has 2 aromatic carbocycles. The van der Waals surface area contributed by atoms with E-state index in [9.17, 15) is 9.59 Å². The first kappa shape index (κ1) is 22.7. The molecule has 0 heterocycles. The van der Waals surface area contributed by atoms with Crippen LogP contribution >= 0.6 is 12.4 Å². The number of anilines is 1. The SMILES string of the molecule is CCCCC(CN)NC(=O)c1ccc(C)c(NC(=O)c2ccccc2)c1.Cl. The number of carbonyl (C=O) groups excluding carboxylic acids is 2. The van der Waals surface area contributed by atoms with Crippen molar-refractivity contribution >= 4 is 29.9 Å². The third-order valence-electron chi connectivity index (χ3n) is 4.31. The number of carbonyl (C=O) groups is 2. The molecule has 0 aliphatic rings. The fourth-order valence-electron chi connectivity index (χ4n) is 2.65. The fraction of sp³-hybridized carbons (Fsp3) is 0.333. The molecule has 0 bridgehead atoms. The van der Waals surface area contributed by atoms with Crippen LogP contribution in [0.2, 0.25) is 0 Å². The van der Waals surface area contributed by atoms with Gasteiger partial charge >= 0.3 is 0 Å². The highest BCUT2D eigenvalue weighted by molar-refractivity contribution is 6.05. The lowest BCUT2D eigenvalue weighted by Crippen LogP contribution is -2.40. The van der Waals surface area contributed by atoms with E-state index in [0.29, 0.717) is 23.4 Å². The van der Waals surface area contributed by atoms with Crippen LogP contribution in [0.25, 0.3) is 0 Å². The maximum absolute atomic E-state index is 12.5. The summed E-state index contributed by atoms with van der Waals surface area (Å²) in [6.45, 7) is 4.42. The monoisotopic (exact) mass is 389 g/mol. The molecule has 2 aromatic rings. The van der Waals surface area contributed by atoms with Crippen LogP contribution in [0.15, 0.2) is 48.5 Å². The van der Waals surface area contributed by atoms with E-state index in [-0.39, 0.29) is 30.3 Å². The van der Waals surface area contributed by atoms with Crippen LogP contribution < -0.4 is 16.4 Å². The predicted octanol–water partition coefficient (Wildman–Crippen LogP) is 3.92. The van der Waals surface area contributed by atoms with Gasteiger partial charge in [-0.1, -0.05) is 44.0 Å². The Kier molecular flexibility index (Phi) is 9.54. The molecule has 0 radical (unpaired) electrons. The molecule has 2 amide bonds. The Bertz CT molecular complexity index is 750. The molecule has 2 rings (SSSR count). The van der Waals surface area contributed by atoms with Gasteiger partial charge in [-0.15, -0.1) is 12.4 Å². The minimum atomic E-state index is -0.200. The molecule has 0 saturated carbocycles. The fourth-order valence-corrected chi connectivity index (χ4v) is 2.65. The summed E-state index contributed by atoms with van der Waals surface area (Å²) in [6, 6.07) is 14.3. The molecule has 0 aromatic heterocycles. The van der Waals surface area contributed by atoms with Crippen LogP contribution in [0, 0.1) is 6.92 Å². The first-order valence-corrected chi connectivity index (χ1v) is 9.03. The second-order valence-electron chi connectivity index (χ2n) is 6.40. The average Bonchev–Trinajstić information content (AvgIpc) is 2.67. The Morgan fingerprint density at radius 2 is 1.74 bits per heavy atom. The van der Waals surface area contributed by atoms with Gasteiger partial charge in [0.2, 0.25) is 0 Å². The van der Waals surface area contributed by atoms with Gasteiger partial charge in [0.15, 0.2) is 0 Å². The normalized spacial score (nSPS) is 11.2. The van der Waals surface area contributed by atoms with Crippen molar-refractivity contribution in [3.8, 4) is 0 Å². The molecule has 4 N–H and O–H groups in total. The zero-order valence-corrected chi connectivity index (χ0v) is 16.6. The second kappa shape index (κ2) is 11.4. The second-order valence-corrected chi connectivity index (χ2v) is 6.40. The van der Waals surface area contributed by atoms with Gasteiger partial charge in [0, 0.05) is 29.4 Å². The maximum Gasteiger partial charge on any atom is 0.255 e. The van der Waals surface area contributed by atoms with Gasteiger partial charge in [0.1, 0.15) is 0 Å². The number of aryl methyl sites for hydroxylation is 1. The molecule has 146 valence electrons. The minimum Gasteiger partial charge on any atom is -0.348 e. The van der Waals surface area contributed by atoms with Crippen molar-refractivity contribution in [3.05, 3.63) is 65.2 Å². The van der Waals surface area contributed by atoms with Crippen LogP contribution in [0.3, 0.4) is 0 Å². The first-order valence-electron chi connectivity index (χ1n) is 9.03. The number of nitrogens with one attached hydrogen (secondary N) is 2. The van der Waals surface area contributed by atoms with Crippen LogP contribution in [0.4, 0.5) is 5.69 Å². The van der Waals surface area contributed by atoms with Gasteiger partial charge in [0.05, 0.1) is 0 Å². The van der Waals surface area contributed by atoms with Crippen LogP contribution in [0.1, 0.15) is 52.5 Å². The van der Waals surface area contributed by atoms with Crippen molar-refractivity contribution in [3.63, 3.8) is 0 Å². The summed E-state index contributed by atoms with van der Waals surface area (Å²) in [5, 5.41) is 5.85. The van der Waals surface area contributed by atoms with Gasteiger partial charge < -0.3 is 16.4 Å². The van der Waals surface area contributed by atoms with Gasteiger partial charge in [-0.25, -0.2) is 0 Å². The quantitative estimate of drug-likeness (QED) is 0.639. The van der Waals surface area contributed by atoms with Gasteiger partial charge in [-0.2, -0.15) is 0 Å². The summed E-state index contributed by atoms with van der Waals surface area (Å²) in [4.78, 5) is 24.9. The molecule has 0 aliphatic carbocycles. The molecule has 0 fully saturated rings. The number of hydrogen-bond acceptors (Lipinski definition) is 3. The van der Waals surface area contributed by atoms with Crippen molar-refractivity contribution in [1.82, 2.24) is 5.32 Å². The molecule has 0 aliphatic heterocycles. The van der Waals surface area contributed by atoms with Crippen LogP contribution in [-0.4, -0.2) is 24.4 Å². The highest BCUT2D eigenvalue weighted by Crippen LogP contribution is 2.18. The average molecular weight is 390 g/mol. The lowest BCUT2D eigenvalue weighted by atomic mass is 10.1. The summed E-state index contributed by atoms with van der Waals surface area (Å²) in [5.74, 6) is -0.374. The van der Waals surface area contributed by atoms with E-state index in [4.69, 9.17) is 5.73 Å². The predicted molar refractivity (Wildman–Crippen MR) is 113 cm³/mol. The van der Waals surface area contributed by atoms with Gasteiger partial charge in [-0.3, -0.25) is 9.59 Å². The maximum atomic E-state index is 12.5. The highest BCUT2D eigenvalue weighted by atomic mass is 35.5.